The van der Waals surface area contributed by atoms with Crippen molar-refractivity contribution in [3.8, 4) is 17.0 Å². The highest BCUT2D eigenvalue weighted by Gasteiger charge is 2.30. The van der Waals surface area contributed by atoms with Crippen LogP contribution in [0, 0.1) is 0 Å². The van der Waals surface area contributed by atoms with Gasteiger partial charge in [-0.2, -0.15) is 0 Å². The predicted molar refractivity (Wildman–Crippen MR) is 154 cm³/mol. The molecule has 1 N–H and O–H groups in total. The minimum atomic E-state index is -0.0688. The fraction of sp³-hybridized carbons (Fsp3) is 0.206. The number of nitrogens with zero attached hydrogens (tertiary/aromatic N) is 1. The highest BCUT2D eigenvalue weighted by Crippen LogP contribution is 2.46. The molecule has 2 unspecified atom stereocenters. The van der Waals surface area contributed by atoms with Gasteiger partial charge in [-0.15, -0.1) is 0 Å². The zero-order valence-electron chi connectivity index (χ0n) is 21.8. The third-order valence-corrected chi connectivity index (χ3v) is 7.69. The molecule has 0 saturated carbocycles. The van der Waals surface area contributed by atoms with Gasteiger partial charge in [-0.25, -0.2) is 0 Å². The van der Waals surface area contributed by atoms with Crippen LogP contribution in [0.25, 0.3) is 22.0 Å². The van der Waals surface area contributed by atoms with Crippen molar-refractivity contribution in [2.24, 2.45) is 0 Å². The SMILES string of the molecule is COc1cc(C(C)C)c2c(c1)C(C)c1ccccc1C(c1cccc(-c3cccc4ccccc34)n1)N2. The van der Waals surface area contributed by atoms with Gasteiger partial charge in [0.05, 0.1) is 24.5 Å². The van der Waals surface area contributed by atoms with E-state index in [1.165, 1.54) is 38.7 Å². The molecule has 1 aromatic heterocycles. The molecule has 5 aromatic rings. The van der Waals surface area contributed by atoms with E-state index in [4.69, 9.17) is 9.72 Å². The van der Waals surface area contributed by atoms with E-state index in [1.54, 1.807) is 7.11 Å². The van der Waals surface area contributed by atoms with Gasteiger partial charge in [-0.1, -0.05) is 93.6 Å². The molecule has 0 aliphatic carbocycles. The topological polar surface area (TPSA) is 34.1 Å². The van der Waals surface area contributed by atoms with Crippen LogP contribution in [-0.2, 0) is 0 Å². The molecular weight excluding hydrogens is 452 g/mol. The number of hydrogen-bond acceptors (Lipinski definition) is 3. The van der Waals surface area contributed by atoms with Crippen molar-refractivity contribution in [3.63, 3.8) is 0 Å². The Morgan fingerprint density at radius 3 is 2.32 bits per heavy atom. The van der Waals surface area contributed by atoms with Crippen LogP contribution in [0.1, 0.15) is 66.6 Å². The van der Waals surface area contributed by atoms with Crippen molar-refractivity contribution in [2.75, 3.05) is 12.4 Å². The molecule has 6 rings (SSSR count). The number of hydrogen-bond donors (Lipinski definition) is 1. The molecule has 2 heterocycles. The molecule has 3 heteroatoms. The lowest BCUT2D eigenvalue weighted by Crippen LogP contribution is -2.15. The Labute approximate surface area is 219 Å². The predicted octanol–water partition coefficient (Wildman–Crippen LogP) is 8.70. The van der Waals surface area contributed by atoms with Gasteiger partial charge in [0.15, 0.2) is 0 Å². The number of aromatic nitrogens is 1. The molecule has 0 bridgehead atoms. The van der Waals surface area contributed by atoms with Gasteiger partial charge < -0.3 is 10.1 Å². The molecule has 1 aliphatic heterocycles. The molecule has 1 aliphatic rings. The van der Waals surface area contributed by atoms with Gasteiger partial charge in [0.2, 0.25) is 0 Å². The van der Waals surface area contributed by atoms with E-state index in [0.717, 1.165) is 22.7 Å². The van der Waals surface area contributed by atoms with Crippen molar-refractivity contribution < 1.29 is 4.74 Å². The van der Waals surface area contributed by atoms with E-state index >= 15 is 0 Å². The molecule has 2 atom stereocenters. The smallest absolute Gasteiger partial charge is 0.119 e. The van der Waals surface area contributed by atoms with Gasteiger partial charge >= 0.3 is 0 Å². The molecular formula is C34H32N2O. The van der Waals surface area contributed by atoms with Crippen LogP contribution in [0.4, 0.5) is 5.69 Å². The van der Waals surface area contributed by atoms with E-state index in [9.17, 15) is 0 Å². The molecule has 0 amide bonds. The van der Waals surface area contributed by atoms with Crippen LogP contribution in [0.5, 0.6) is 5.75 Å². The van der Waals surface area contributed by atoms with Crippen molar-refractivity contribution in [3.05, 3.63) is 125 Å². The summed E-state index contributed by atoms with van der Waals surface area (Å²) >= 11 is 0. The number of benzene rings is 4. The standard InChI is InChI=1S/C34H32N2O/c1-21(2)29-19-24(37-4)20-30-22(3)25-13-7-8-15-28(25)34(36-33(29)30)32-18-10-17-31(35-32)27-16-9-12-23-11-5-6-14-26(23)27/h5-22,34,36H,1-4H3. The molecule has 0 saturated heterocycles. The summed E-state index contributed by atoms with van der Waals surface area (Å²) in [5, 5.41) is 6.41. The summed E-state index contributed by atoms with van der Waals surface area (Å²) in [5.74, 6) is 1.47. The summed E-state index contributed by atoms with van der Waals surface area (Å²) in [7, 11) is 1.75. The van der Waals surface area contributed by atoms with Gasteiger partial charge in [-0.3, -0.25) is 4.98 Å². The Hall–Kier alpha value is -4.11. The van der Waals surface area contributed by atoms with Gasteiger partial charge in [0, 0.05) is 17.2 Å². The van der Waals surface area contributed by atoms with E-state index < -0.39 is 0 Å². The Kier molecular flexibility index (Phi) is 5.92. The van der Waals surface area contributed by atoms with Gasteiger partial charge in [-0.05, 0) is 63.2 Å². The van der Waals surface area contributed by atoms with Crippen LogP contribution in [0.2, 0.25) is 0 Å². The Balaban J connectivity index is 1.55. The maximum Gasteiger partial charge on any atom is 0.119 e. The van der Waals surface area contributed by atoms with Crippen LogP contribution < -0.4 is 10.1 Å². The molecule has 4 aromatic carbocycles. The maximum atomic E-state index is 5.72. The molecule has 184 valence electrons. The average Bonchev–Trinajstić information content (AvgIpc) is 3.06. The summed E-state index contributed by atoms with van der Waals surface area (Å²) in [6.07, 6.45) is 0. The van der Waals surface area contributed by atoms with Gasteiger partial charge in [0.1, 0.15) is 5.75 Å². The fourth-order valence-electron chi connectivity index (χ4n) is 5.74. The number of ether oxygens (including phenoxy) is 1. The second-order valence-electron chi connectivity index (χ2n) is 10.2. The first-order chi connectivity index (χ1) is 18.0. The van der Waals surface area contributed by atoms with E-state index in [0.29, 0.717) is 5.92 Å². The second kappa shape index (κ2) is 9.40. The third-order valence-electron chi connectivity index (χ3n) is 7.69. The quantitative estimate of drug-likeness (QED) is 0.277. The summed E-state index contributed by atoms with van der Waals surface area (Å²) in [6, 6.07) is 34.4. The zero-order chi connectivity index (χ0) is 25.5. The minimum absolute atomic E-state index is 0.0688. The van der Waals surface area contributed by atoms with Crippen LogP contribution in [0.15, 0.2) is 97.1 Å². The lowest BCUT2D eigenvalue weighted by atomic mass is 9.86. The summed E-state index contributed by atoms with van der Waals surface area (Å²) in [4.78, 5) is 5.28. The van der Waals surface area contributed by atoms with Crippen LogP contribution in [-0.4, -0.2) is 12.1 Å². The first kappa shape index (κ1) is 23.3. The second-order valence-corrected chi connectivity index (χ2v) is 10.2. The van der Waals surface area contributed by atoms with E-state index in [-0.39, 0.29) is 12.0 Å². The molecule has 0 spiro atoms. The normalized spacial score (nSPS) is 16.6. The zero-order valence-corrected chi connectivity index (χ0v) is 21.8. The summed E-state index contributed by atoms with van der Waals surface area (Å²) in [6.45, 7) is 6.78. The molecule has 0 radical (unpaired) electrons. The summed E-state index contributed by atoms with van der Waals surface area (Å²) < 4.78 is 5.72. The Morgan fingerprint density at radius 2 is 1.51 bits per heavy atom. The van der Waals surface area contributed by atoms with Crippen molar-refractivity contribution in [1.29, 1.82) is 0 Å². The fourth-order valence-corrected chi connectivity index (χ4v) is 5.74. The molecule has 0 fully saturated rings. The van der Waals surface area contributed by atoms with Crippen LogP contribution in [0.3, 0.4) is 0 Å². The number of rotatable bonds is 4. The molecule has 37 heavy (non-hydrogen) atoms. The first-order valence-corrected chi connectivity index (χ1v) is 13.1. The Bertz CT molecular complexity index is 1600. The Morgan fingerprint density at radius 1 is 0.784 bits per heavy atom. The number of nitrogens with one attached hydrogen (secondary N) is 1. The van der Waals surface area contributed by atoms with E-state index in [2.05, 4.69) is 123 Å². The molecule has 3 nitrogen and oxygen atoms in total. The third kappa shape index (κ3) is 4.05. The van der Waals surface area contributed by atoms with Gasteiger partial charge in [0.25, 0.3) is 0 Å². The highest BCUT2D eigenvalue weighted by molar-refractivity contribution is 5.95. The lowest BCUT2D eigenvalue weighted by molar-refractivity contribution is 0.413. The van der Waals surface area contributed by atoms with Crippen molar-refractivity contribution in [2.45, 2.75) is 38.6 Å². The number of anilines is 1. The maximum absolute atomic E-state index is 5.72. The largest absolute Gasteiger partial charge is 0.497 e. The summed E-state index contributed by atoms with van der Waals surface area (Å²) in [5.41, 5.74) is 9.48. The first-order valence-electron chi connectivity index (χ1n) is 13.1. The number of methoxy groups -OCH3 is 1. The lowest BCUT2D eigenvalue weighted by Gasteiger charge is -2.24. The minimum Gasteiger partial charge on any atom is -0.497 e. The van der Waals surface area contributed by atoms with Crippen molar-refractivity contribution >= 4 is 16.5 Å². The monoisotopic (exact) mass is 484 g/mol. The average molecular weight is 485 g/mol. The van der Waals surface area contributed by atoms with E-state index in [1.807, 2.05) is 0 Å². The van der Waals surface area contributed by atoms with Crippen molar-refractivity contribution in [1.82, 2.24) is 4.98 Å². The number of fused-ring (bicyclic) bond motifs is 3. The number of pyridine rings is 1. The highest BCUT2D eigenvalue weighted by atomic mass is 16.5. The van der Waals surface area contributed by atoms with Crippen LogP contribution >= 0.6 is 0 Å².